The van der Waals surface area contributed by atoms with Crippen molar-refractivity contribution in [3.63, 3.8) is 0 Å². The average Bonchev–Trinajstić information content (AvgIpc) is 3.52. The Labute approximate surface area is 206 Å². The van der Waals surface area contributed by atoms with Gasteiger partial charge in [-0.25, -0.2) is 4.79 Å². The fourth-order valence-electron chi connectivity index (χ4n) is 4.05. The van der Waals surface area contributed by atoms with E-state index in [9.17, 15) is 9.59 Å². The van der Waals surface area contributed by atoms with E-state index in [4.69, 9.17) is 19.3 Å². The molecule has 1 aliphatic heterocycles. The van der Waals surface area contributed by atoms with Gasteiger partial charge in [0.15, 0.2) is 12.4 Å². The maximum atomic E-state index is 12.9. The van der Waals surface area contributed by atoms with Gasteiger partial charge in [-0.15, -0.1) is 11.3 Å². The van der Waals surface area contributed by atoms with Crippen molar-refractivity contribution in [1.82, 2.24) is 0 Å². The van der Waals surface area contributed by atoms with Crippen LogP contribution >= 0.6 is 11.3 Å². The van der Waals surface area contributed by atoms with Crippen molar-refractivity contribution in [2.75, 3.05) is 20.3 Å². The molecule has 5 rings (SSSR count). The van der Waals surface area contributed by atoms with Crippen molar-refractivity contribution in [2.24, 2.45) is 0 Å². The number of benzene rings is 3. The van der Waals surface area contributed by atoms with Crippen molar-refractivity contribution < 1.29 is 28.9 Å². The molecule has 1 aromatic heterocycles. The SMILES string of the molecule is COc1cc(OCC(=O)O)c(/C=C/C(=O)c2ccc3c(c2)CCO3)cc1-c1cc2ccccc2s1. The van der Waals surface area contributed by atoms with Gasteiger partial charge in [0.25, 0.3) is 0 Å². The molecule has 6 nitrogen and oxygen atoms in total. The van der Waals surface area contributed by atoms with Gasteiger partial charge in [-0.3, -0.25) is 4.79 Å². The second-order valence-corrected chi connectivity index (χ2v) is 9.12. The van der Waals surface area contributed by atoms with Gasteiger partial charge in [-0.05, 0) is 59.5 Å². The number of rotatable bonds is 8. The lowest BCUT2D eigenvalue weighted by atomic mass is 10.0. The van der Waals surface area contributed by atoms with Crippen molar-refractivity contribution >= 4 is 39.3 Å². The Hall–Kier alpha value is -4.10. The van der Waals surface area contributed by atoms with Crippen LogP contribution in [0, 0.1) is 0 Å². The number of carbonyl (C=O) groups is 2. The highest BCUT2D eigenvalue weighted by Gasteiger charge is 2.17. The number of carboxylic acid groups (broad SMARTS) is 1. The van der Waals surface area contributed by atoms with E-state index in [-0.39, 0.29) is 5.78 Å². The summed E-state index contributed by atoms with van der Waals surface area (Å²) in [5.41, 5.74) is 3.00. The van der Waals surface area contributed by atoms with Gasteiger partial charge in [-0.2, -0.15) is 0 Å². The number of allylic oxidation sites excluding steroid dienone is 1. The number of hydrogen-bond donors (Lipinski definition) is 1. The van der Waals surface area contributed by atoms with Gasteiger partial charge in [-0.1, -0.05) is 18.2 Å². The van der Waals surface area contributed by atoms with Gasteiger partial charge in [0.05, 0.1) is 13.7 Å². The Balaban J connectivity index is 1.53. The quantitative estimate of drug-likeness (QED) is 0.248. The summed E-state index contributed by atoms with van der Waals surface area (Å²) in [5, 5.41) is 10.2. The molecule has 35 heavy (non-hydrogen) atoms. The molecule has 0 aliphatic carbocycles. The van der Waals surface area contributed by atoms with E-state index in [0.29, 0.717) is 29.2 Å². The van der Waals surface area contributed by atoms with E-state index >= 15 is 0 Å². The largest absolute Gasteiger partial charge is 0.496 e. The zero-order valence-corrected chi connectivity index (χ0v) is 19.8. The number of carboxylic acids is 1. The van der Waals surface area contributed by atoms with E-state index in [1.165, 1.54) is 6.08 Å². The maximum absolute atomic E-state index is 12.9. The first kappa shape index (κ1) is 22.7. The van der Waals surface area contributed by atoms with Crippen molar-refractivity contribution in [1.29, 1.82) is 0 Å². The summed E-state index contributed by atoms with van der Waals surface area (Å²) < 4.78 is 17.8. The molecule has 2 heterocycles. The molecule has 176 valence electrons. The summed E-state index contributed by atoms with van der Waals surface area (Å²) in [5.74, 6) is 0.435. The van der Waals surface area contributed by atoms with E-state index in [0.717, 1.165) is 38.3 Å². The smallest absolute Gasteiger partial charge is 0.341 e. The molecule has 0 radical (unpaired) electrons. The van der Waals surface area contributed by atoms with Crippen molar-refractivity contribution in [2.45, 2.75) is 6.42 Å². The fourth-order valence-corrected chi connectivity index (χ4v) is 5.13. The standard InChI is InChI=1S/C28H22O6S/c1-32-25-15-24(34-16-28(30)31)18(13-21(25)27-14-20-4-2-3-5-26(20)35-27)6-8-22(29)17-7-9-23-19(12-17)10-11-33-23/h2-9,12-15H,10-11,16H2,1H3,(H,30,31)/b8-6+. The highest BCUT2D eigenvalue weighted by molar-refractivity contribution is 7.22. The fraction of sp³-hybridized carbons (Fsp3) is 0.143. The van der Waals surface area contributed by atoms with Crippen LogP contribution in [-0.4, -0.2) is 37.2 Å². The Morgan fingerprint density at radius 2 is 1.94 bits per heavy atom. The zero-order chi connectivity index (χ0) is 24.4. The molecule has 4 aromatic rings. The molecule has 0 saturated carbocycles. The van der Waals surface area contributed by atoms with Gasteiger partial charge in [0.2, 0.25) is 0 Å². The molecule has 0 fully saturated rings. The average molecular weight is 487 g/mol. The first-order chi connectivity index (χ1) is 17.0. The van der Waals surface area contributed by atoms with Crippen LogP contribution < -0.4 is 14.2 Å². The van der Waals surface area contributed by atoms with E-state index < -0.39 is 12.6 Å². The maximum Gasteiger partial charge on any atom is 0.341 e. The summed E-state index contributed by atoms with van der Waals surface area (Å²) in [6.45, 7) is 0.116. The normalized spacial score (nSPS) is 12.5. The van der Waals surface area contributed by atoms with Gasteiger partial charge in [0, 0.05) is 38.8 Å². The van der Waals surface area contributed by atoms with E-state index in [2.05, 4.69) is 12.1 Å². The van der Waals surface area contributed by atoms with Crippen molar-refractivity contribution in [3.8, 4) is 27.7 Å². The van der Waals surface area contributed by atoms with E-state index in [1.807, 2.05) is 36.4 Å². The first-order valence-electron chi connectivity index (χ1n) is 11.1. The second kappa shape index (κ2) is 9.64. The summed E-state index contributed by atoms with van der Waals surface area (Å²) in [6.07, 6.45) is 3.91. The second-order valence-electron chi connectivity index (χ2n) is 8.04. The lowest BCUT2D eigenvalue weighted by molar-refractivity contribution is -0.139. The van der Waals surface area contributed by atoms with Gasteiger partial charge >= 0.3 is 5.97 Å². The predicted octanol–water partition coefficient (Wildman–Crippen LogP) is 5.87. The number of aliphatic carboxylic acids is 1. The monoisotopic (exact) mass is 486 g/mol. The number of methoxy groups -OCH3 is 1. The van der Waals surface area contributed by atoms with Crippen LogP contribution in [0.25, 0.3) is 26.6 Å². The summed E-state index contributed by atoms with van der Waals surface area (Å²) in [4.78, 5) is 25.0. The number of thiophene rings is 1. The molecule has 0 atom stereocenters. The molecule has 1 N–H and O–H groups in total. The third-order valence-corrected chi connectivity index (χ3v) is 6.91. The summed E-state index contributed by atoms with van der Waals surface area (Å²) in [7, 11) is 1.56. The van der Waals surface area contributed by atoms with Crippen LogP contribution in [0.5, 0.6) is 17.2 Å². The summed E-state index contributed by atoms with van der Waals surface area (Å²) in [6, 6.07) is 19.1. The first-order valence-corrected chi connectivity index (χ1v) is 11.9. The Bertz CT molecular complexity index is 1430. The molecule has 0 unspecified atom stereocenters. The van der Waals surface area contributed by atoms with Crippen molar-refractivity contribution in [3.05, 3.63) is 83.4 Å². The lowest BCUT2D eigenvalue weighted by Crippen LogP contribution is -2.10. The van der Waals surface area contributed by atoms with Gasteiger partial charge in [0.1, 0.15) is 17.2 Å². The molecular weight excluding hydrogens is 464 g/mol. The lowest BCUT2D eigenvalue weighted by Gasteiger charge is -2.13. The Morgan fingerprint density at radius 3 is 2.74 bits per heavy atom. The molecule has 0 spiro atoms. The third-order valence-electron chi connectivity index (χ3n) is 5.76. The summed E-state index contributed by atoms with van der Waals surface area (Å²) >= 11 is 1.63. The molecule has 0 bridgehead atoms. The van der Waals surface area contributed by atoms with Crippen LogP contribution in [0.3, 0.4) is 0 Å². The highest BCUT2D eigenvalue weighted by Crippen LogP contribution is 2.42. The van der Waals surface area contributed by atoms with Gasteiger partial charge < -0.3 is 19.3 Å². The molecule has 3 aromatic carbocycles. The van der Waals surface area contributed by atoms with Crippen LogP contribution in [-0.2, 0) is 11.2 Å². The molecule has 7 heteroatoms. The zero-order valence-electron chi connectivity index (χ0n) is 18.9. The number of ketones is 1. The number of fused-ring (bicyclic) bond motifs is 2. The molecular formula is C28H22O6S. The Kier molecular flexibility index (Phi) is 6.25. The number of hydrogen-bond acceptors (Lipinski definition) is 6. The Morgan fingerprint density at radius 1 is 1.09 bits per heavy atom. The van der Waals surface area contributed by atoms with Crippen LogP contribution in [0.4, 0.5) is 0 Å². The van der Waals surface area contributed by atoms with Crippen LogP contribution in [0.15, 0.2) is 66.7 Å². The molecule has 0 saturated heterocycles. The van der Waals surface area contributed by atoms with Crippen LogP contribution in [0.2, 0.25) is 0 Å². The number of carbonyl (C=O) groups excluding carboxylic acids is 1. The molecule has 0 amide bonds. The minimum Gasteiger partial charge on any atom is -0.496 e. The predicted molar refractivity (Wildman–Crippen MR) is 136 cm³/mol. The minimum atomic E-state index is -1.09. The molecule has 1 aliphatic rings. The number of ether oxygens (including phenoxy) is 3. The van der Waals surface area contributed by atoms with Crippen LogP contribution in [0.1, 0.15) is 21.5 Å². The minimum absolute atomic E-state index is 0.164. The third kappa shape index (κ3) is 4.76. The van der Waals surface area contributed by atoms with E-state index in [1.54, 1.807) is 36.7 Å². The topological polar surface area (TPSA) is 82.1 Å². The highest BCUT2D eigenvalue weighted by atomic mass is 32.1.